The van der Waals surface area contributed by atoms with Gasteiger partial charge < -0.3 is 9.88 Å². The maximum absolute atomic E-state index is 12.5. The van der Waals surface area contributed by atoms with Crippen LogP contribution in [0.5, 0.6) is 0 Å². The zero-order valence-corrected chi connectivity index (χ0v) is 16.8. The third-order valence-corrected chi connectivity index (χ3v) is 5.41. The standard InChI is InChI=1S/C20H21ClN4OS/c1-3-25-18(13-15-7-5-4-6-8-15)23-24-20(25)27-14(2)19(26)22-17-11-9-16(21)10-12-17/h4-12,14H,3,13H2,1-2H3,(H,22,26)/t14-/m1/s1. The molecule has 0 saturated carbocycles. The van der Waals surface area contributed by atoms with E-state index in [0.29, 0.717) is 11.4 Å². The lowest BCUT2D eigenvalue weighted by Crippen LogP contribution is -2.23. The molecule has 1 amide bonds. The van der Waals surface area contributed by atoms with Crippen molar-refractivity contribution in [1.82, 2.24) is 14.8 Å². The van der Waals surface area contributed by atoms with E-state index in [9.17, 15) is 4.79 Å². The first-order valence-electron chi connectivity index (χ1n) is 8.76. The van der Waals surface area contributed by atoms with Gasteiger partial charge in [-0.05, 0) is 43.7 Å². The van der Waals surface area contributed by atoms with Crippen LogP contribution < -0.4 is 5.32 Å². The van der Waals surface area contributed by atoms with E-state index < -0.39 is 0 Å². The molecule has 7 heteroatoms. The van der Waals surface area contributed by atoms with Crippen molar-refractivity contribution in [2.24, 2.45) is 0 Å². The van der Waals surface area contributed by atoms with Crippen LogP contribution in [-0.2, 0) is 17.8 Å². The average molecular weight is 401 g/mol. The van der Waals surface area contributed by atoms with Crippen molar-refractivity contribution in [3.05, 3.63) is 71.0 Å². The lowest BCUT2D eigenvalue weighted by molar-refractivity contribution is -0.115. The number of hydrogen-bond donors (Lipinski definition) is 1. The minimum atomic E-state index is -0.306. The number of anilines is 1. The van der Waals surface area contributed by atoms with E-state index in [1.54, 1.807) is 24.3 Å². The van der Waals surface area contributed by atoms with E-state index >= 15 is 0 Å². The predicted octanol–water partition coefficient (Wildman–Crippen LogP) is 4.66. The van der Waals surface area contributed by atoms with Gasteiger partial charge in [-0.1, -0.05) is 53.7 Å². The van der Waals surface area contributed by atoms with Crippen molar-refractivity contribution in [2.75, 3.05) is 5.32 Å². The number of amides is 1. The van der Waals surface area contributed by atoms with Crippen LogP contribution in [0.1, 0.15) is 25.2 Å². The van der Waals surface area contributed by atoms with Gasteiger partial charge in [-0.3, -0.25) is 4.79 Å². The average Bonchev–Trinajstić information content (AvgIpc) is 3.05. The van der Waals surface area contributed by atoms with Crippen LogP contribution >= 0.6 is 23.4 Å². The molecule has 2 aromatic carbocycles. The minimum absolute atomic E-state index is 0.0856. The molecule has 0 bridgehead atoms. The molecule has 1 atom stereocenters. The summed E-state index contributed by atoms with van der Waals surface area (Å²) in [6.07, 6.45) is 0.716. The van der Waals surface area contributed by atoms with Gasteiger partial charge in [0.1, 0.15) is 5.82 Å². The third-order valence-electron chi connectivity index (χ3n) is 4.08. The Morgan fingerprint density at radius 3 is 2.52 bits per heavy atom. The van der Waals surface area contributed by atoms with E-state index in [1.165, 1.54) is 17.3 Å². The van der Waals surface area contributed by atoms with Crippen LogP contribution in [0.15, 0.2) is 59.8 Å². The summed E-state index contributed by atoms with van der Waals surface area (Å²) in [6.45, 7) is 4.67. The molecule has 0 spiro atoms. The molecule has 0 fully saturated rings. The molecular formula is C20H21ClN4OS. The molecule has 1 N–H and O–H groups in total. The fourth-order valence-electron chi connectivity index (χ4n) is 2.62. The van der Waals surface area contributed by atoms with Crippen molar-refractivity contribution in [2.45, 2.75) is 37.2 Å². The molecule has 0 radical (unpaired) electrons. The number of rotatable bonds is 7. The normalized spacial score (nSPS) is 12.0. The molecule has 0 unspecified atom stereocenters. The van der Waals surface area contributed by atoms with Gasteiger partial charge in [0, 0.05) is 23.7 Å². The quantitative estimate of drug-likeness (QED) is 0.586. The van der Waals surface area contributed by atoms with Gasteiger partial charge in [0.05, 0.1) is 5.25 Å². The van der Waals surface area contributed by atoms with Crippen LogP contribution in [0.25, 0.3) is 0 Å². The number of aromatic nitrogens is 3. The first kappa shape index (κ1) is 19.5. The summed E-state index contributed by atoms with van der Waals surface area (Å²) in [4.78, 5) is 12.5. The fourth-order valence-corrected chi connectivity index (χ4v) is 3.68. The number of thioether (sulfide) groups is 1. The van der Waals surface area contributed by atoms with Crippen LogP contribution in [0.3, 0.4) is 0 Å². The number of carbonyl (C=O) groups is 1. The van der Waals surface area contributed by atoms with E-state index in [1.807, 2.05) is 25.1 Å². The number of nitrogens with zero attached hydrogens (tertiary/aromatic N) is 3. The topological polar surface area (TPSA) is 59.8 Å². The van der Waals surface area contributed by atoms with Crippen LogP contribution in [0, 0.1) is 0 Å². The Morgan fingerprint density at radius 2 is 1.85 bits per heavy atom. The first-order chi connectivity index (χ1) is 13.1. The Kier molecular flexibility index (Phi) is 6.53. The molecule has 0 aliphatic heterocycles. The van der Waals surface area contributed by atoms with Crippen molar-refractivity contribution in [1.29, 1.82) is 0 Å². The van der Waals surface area contributed by atoms with Crippen molar-refractivity contribution in [3.8, 4) is 0 Å². The van der Waals surface area contributed by atoms with Gasteiger partial charge in [-0.15, -0.1) is 10.2 Å². The van der Waals surface area contributed by atoms with Gasteiger partial charge in [0.2, 0.25) is 5.91 Å². The van der Waals surface area contributed by atoms with E-state index in [2.05, 4.69) is 39.1 Å². The number of halogens is 1. The maximum Gasteiger partial charge on any atom is 0.237 e. The maximum atomic E-state index is 12.5. The van der Waals surface area contributed by atoms with E-state index in [0.717, 1.165) is 23.2 Å². The number of carbonyl (C=O) groups excluding carboxylic acids is 1. The van der Waals surface area contributed by atoms with Crippen molar-refractivity contribution >= 4 is 35.0 Å². The highest BCUT2D eigenvalue weighted by Gasteiger charge is 2.20. The summed E-state index contributed by atoms with van der Waals surface area (Å²) < 4.78 is 2.06. The molecule has 1 heterocycles. The van der Waals surface area contributed by atoms with Crippen molar-refractivity contribution in [3.63, 3.8) is 0 Å². The van der Waals surface area contributed by atoms with E-state index in [-0.39, 0.29) is 11.2 Å². The lowest BCUT2D eigenvalue weighted by atomic mass is 10.1. The lowest BCUT2D eigenvalue weighted by Gasteiger charge is -2.13. The molecule has 5 nitrogen and oxygen atoms in total. The molecule has 1 aromatic heterocycles. The largest absolute Gasteiger partial charge is 0.325 e. The molecule has 3 aromatic rings. The minimum Gasteiger partial charge on any atom is -0.325 e. The second-order valence-electron chi connectivity index (χ2n) is 6.06. The molecule has 27 heavy (non-hydrogen) atoms. The van der Waals surface area contributed by atoms with Crippen LogP contribution in [-0.4, -0.2) is 25.9 Å². The zero-order chi connectivity index (χ0) is 19.2. The summed E-state index contributed by atoms with van der Waals surface area (Å²) in [5, 5.41) is 12.6. The molecule has 0 saturated heterocycles. The smallest absolute Gasteiger partial charge is 0.237 e. The summed E-state index contributed by atoms with van der Waals surface area (Å²) in [5.74, 6) is 0.814. The molecule has 0 aliphatic rings. The van der Waals surface area contributed by atoms with Gasteiger partial charge >= 0.3 is 0 Å². The highest BCUT2D eigenvalue weighted by atomic mass is 35.5. The van der Waals surface area contributed by atoms with Gasteiger partial charge in [0.25, 0.3) is 0 Å². The van der Waals surface area contributed by atoms with Crippen LogP contribution in [0.4, 0.5) is 5.69 Å². The summed E-state index contributed by atoms with van der Waals surface area (Å²) >= 11 is 7.28. The fraction of sp³-hybridized carbons (Fsp3) is 0.250. The predicted molar refractivity (Wildman–Crippen MR) is 110 cm³/mol. The van der Waals surface area contributed by atoms with Crippen molar-refractivity contribution < 1.29 is 4.79 Å². The molecule has 140 valence electrons. The second-order valence-corrected chi connectivity index (χ2v) is 7.81. The Labute approximate surface area is 168 Å². The van der Waals surface area contributed by atoms with Gasteiger partial charge in [-0.2, -0.15) is 0 Å². The summed E-state index contributed by atoms with van der Waals surface area (Å²) in [7, 11) is 0. The molecule has 3 rings (SSSR count). The Hall–Kier alpha value is -2.31. The number of benzene rings is 2. The second kappa shape index (κ2) is 9.06. The SMILES string of the molecule is CCn1c(Cc2ccccc2)nnc1S[C@H](C)C(=O)Nc1ccc(Cl)cc1. The summed E-state index contributed by atoms with van der Waals surface area (Å²) in [6, 6.07) is 17.2. The highest BCUT2D eigenvalue weighted by Crippen LogP contribution is 2.24. The van der Waals surface area contributed by atoms with Gasteiger partial charge in [0.15, 0.2) is 5.16 Å². The first-order valence-corrected chi connectivity index (χ1v) is 10.0. The highest BCUT2D eigenvalue weighted by molar-refractivity contribution is 8.00. The Bertz CT molecular complexity index is 896. The zero-order valence-electron chi connectivity index (χ0n) is 15.2. The Balaban J connectivity index is 1.67. The number of nitrogens with one attached hydrogen (secondary N) is 1. The molecular weight excluding hydrogens is 380 g/mol. The van der Waals surface area contributed by atoms with Crippen LogP contribution in [0.2, 0.25) is 5.02 Å². The van der Waals surface area contributed by atoms with Gasteiger partial charge in [-0.25, -0.2) is 0 Å². The number of hydrogen-bond acceptors (Lipinski definition) is 4. The summed E-state index contributed by atoms with van der Waals surface area (Å²) in [5.41, 5.74) is 1.91. The third kappa shape index (κ3) is 5.11. The molecule has 0 aliphatic carbocycles. The van der Waals surface area contributed by atoms with E-state index in [4.69, 9.17) is 11.6 Å². The monoisotopic (exact) mass is 400 g/mol. The Morgan fingerprint density at radius 1 is 1.15 bits per heavy atom.